The molecule has 1 aliphatic carbocycles. The second kappa shape index (κ2) is 18.7. The van der Waals surface area contributed by atoms with Gasteiger partial charge in [-0.2, -0.15) is 0 Å². The molecule has 400 valence electrons. The van der Waals surface area contributed by atoms with Crippen LogP contribution in [0.3, 0.4) is 0 Å². The third-order valence-electron chi connectivity index (χ3n) is 15.9. The Hall–Kier alpha value is -10.2. The highest BCUT2D eigenvalue weighted by atomic mass is 16.7. The lowest BCUT2D eigenvalue weighted by Gasteiger charge is -2.37. The molecule has 0 atom stereocenters. The normalized spacial score (nSPS) is 17.8. The molecule has 0 saturated carbocycles. The summed E-state index contributed by atoms with van der Waals surface area (Å²) in [7, 11) is 0. The van der Waals surface area contributed by atoms with Crippen LogP contribution in [0.25, 0.3) is 0 Å². The summed E-state index contributed by atoms with van der Waals surface area (Å²) in [4.78, 5) is 47.2. The highest BCUT2D eigenvalue weighted by Crippen LogP contribution is 2.59. The number of hydrogen-bond acceptors (Lipinski definition) is 16. The number of nitro groups is 4. The zero-order valence-corrected chi connectivity index (χ0v) is 43.0. The van der Waals surface area contributed by atoms with E-state index < -0.39 is 43.4 Å². The molecule has 80 heavy (non-hydrogen) atoms. The highest BCUT2D eigenvalue weighted by Gasteiger charge is 2.42. The lowest BCUT2D eigenvalue weighted by molar-refractivity contribution is -0.385. The number of nitro benzene ring substituents is 4. The Kier molecular flexibility index (Phi) is 11.6. The minimum atomic E-state index is -0.822. The maximum absolute atomic E-state index is 12.3. The predicted molar refractivity (Wildman–Crippen MR) is 285 cm³/mol. The van der Waals surface area contributed by atoms with Crippen LogP contribution in [0.4, 0.5) is 22.7 Å². The molecule has 4 heterocycles. The standard InChI is InChI=1S/C60H44N4O16/c1-29-53-41-21-42-50(34-7-15-38(16-8-34)62(67)68)44-23-46-52(36-11-19-40(20-12-36)64(71)72)48-24-47-51(35-9-17-39(18-10-35)63(69)70)45-22-43(49(41)33-5-13-37(14-6-33)61(65)66)55(75-25-73-53)30(2)57(45)77-27-79-59(47)32(4)60(48)80-28-78-58(46)31(3)56(44)76-26-74-54(29)42/h5-24,49-52H,25-28H2,1-4H3. The van der Waals surface area contributed by atoms with Crippen molar-refractivity contribution < 1.29 is 57.6 Å². The van der Waals surface area contributed by atoms with Crippen LogP contribution in [0.5, 0.6) is 46.0 Å². The van der Waals surface area contributed by atoms with Crippen LogP contribution in [0.2, 0.25) is 0 Å². The van der Waals surface area contributed by atoms with E-state index in [4.69, 9.17) is 37.9 Å². The van der Waals surface area contributed by atoms with E-state index in [-0.39, 0.29) is 49.9 Å². The van der Waals surface area contributed by atoms with E-state index in [2.05, 4.69) is 0 Å². The first kappa shape index (κ1) is 49.3. The first-order chi connectivity index (χ1) is 38.7. The van der Waals surface area contributed by atoms with Crippen LogP contribution >= 0.6 is 0 Å². The Morgan fingerprint density at radius 1 is 0.287 bits per heavy atom. The Morgan fingerprint density at radius 2 is 0.438 bits per heavy atom. The zero-order valence-electron chi connectivity index (χ0n) is 43.0. The third kappa shape index (κ3) is 7.72. The Labute approximate surface area is 454 Å². The van der Waals surface area contributed by atoms with Gasteiger partial charge in [0.05, 0.1) is 19.7 Å². The summed E-state index contributed by atoms with van der Waals surface area (Å²) in [5, 5.41) is 49.0. The zero-order chi connectivity index (χ0) is 55.4. The van der Waals surface area contributed by atoms with E-state index in [1.165, 1.54) is 48.5 Å². The quantitative estimate of drug-likeness (QED) is 0.101. The van der Waals surface area contributed by atoms with Crippen LogP contribution in [0.1, 0.15) is 113 Å². The fraction of sp³-hybridized carbons (Fsp3) is 0.200. The molecule has 20 nitrogen and oxygen atoms in total. The van der Waals surface area contributed by atoms with Crippen molar-refractivity contribution in [3.8, 4) is 46.0 Å². The minimum absolute atomic E-state index is 0.138. The summed E-state index contributed by atoms with van der Waals surface area (Å²) in [6, 6.07) is 33.0. The van der Waals surface area contributed by atoms with E-state index in [0.717, 1.165) is 0 Å². The predicted octanol–water partition coefficient (Wildman–Crippen LogP) is 12.5. The van der Waals surface area contributed by atoms with Crippen molar-refractivity contribution in [3.63, 3.8) is 0 Å². The molecule has 8 aromatic rings. The second-order valence-corrected chi connectivity index (χ2v) is 20.1. The van der Waals surface area contributed by atoms with Crippen molar-refractivity contribution in [1.82, 2.24) is 0 Å². The lowest BCUT2D eigenvalue weighted by Crippen LogP contribution is -2.25. The number of rotatable bonds is 8. The van der Waals surface area contributed by atoms with Crippen LogP contribution < -0.4 is 37.9 Å². The van der Waals surface area contributed by atoms with Gasteiger partial charge in [-0.25, -0.2) is 0 Å². The summed E-state index contributed by atoms with van der Waals surface area (Å²) >= 11 is 0. The van der Waals surface area contributed by atoms with Gasteiger partial charge in [-0.05, 0) is 74.2 Å². The van der Waals surface area contributed by atoms with Gasteiger partial charge in [0.15, 0.2) is 0 Å². The number of hydrogen-bond donors (Lipinski definition) is 0. The molecule has 0 spiro atoms. The lowest BCUT2D eigenvalue weighted by atomic mass is 9.73. The smallest absolute Gasteiger partial charge is 0.269 e. The third-order valence-corrected chi connectivity index (χ3v) is 15.9. The molecule has 0 amide bonds. The molecule has 5 aliphatic rings. The van der Waals surface area contributed by atoms with Gasteiger partial charge in [-0.3, -0.25) is 40.5 Å². The Bertz CT molecular complexity index is 3340. The van der Waals surface area contributed by atoms with E-state index in [1.807, 2.05) is 52.0 Å². The van der Waals surface area contributed by atoms with E-state index in [1.54, 1.807) is 48.5 Å². The average Bonchev–Trinajstić information content (AvgIpc) is 3.47. The number of ether oxygens (including phenoxy) is 8. The average molecular weight is 1080 g/mol. The molecule has 8 aromatic carbocycles. The summed E-state index contributed by atoms with van der Waals surface area (Å²) in [6.07, 6.45) is 0. The molecule has 4 aliphatic heterocycles. The van der Waals surface area contributed by atoms with Gasteiger partial charge in [0.1, 0.15) is 46.0 Å². The molecule has 0 unspecified atom stereocenters. The molecule has 0 radical (unpaired) electrons. The first-order valence-corrected chi connectivity index (χ1v) is 25.4. The summed E-state index contributed by atoms with van der Waals surface area (Å²) < 4.78 is 53.7. The van der Waals surface area contributed by atoms with Crippen molar-refractivity contribution in [2.75, 3.05) is 27.2 Å². The summed E-state index contributed by atoms with van der Waals surface area (Å²) in [5.41, 5.74) is 9.02. The summed E-state index contributed by atoms with van der Waals surface area (Å²) in [5.74, 6) is -0.159. The highest BCUT2D eigenvalue weighted by molar-refractivity contribution is 5.73. The molecular formula is C60H44N4O16. The Balaban J connectivity index is 1.24. The largest absolute Gasteiger partial charge is 0.457 e. The maximum atomic E-state index is 12.3. The van der Waals surface area contributed by atoms with Crippen molar-refractivity contribution in [2.45, 2.75) is 51.4 Å². The molecule has 0 aromatic heterocycles. The molecular weight excluding hydrogens is 1030 g/mol. The molecule has 0 N–H and O–H groups in total. The SMILES string of the molecule is Cc1c2c3cc4c1OCOc1c(cc5c(c1C)OCOc1c(cc6c(c1C)OCOc1c(cc(c(c1C)OCO2)C3c1ccc([N+](=O)[O-])cc1)C6c1ccc([N+](=O)[O-])cc1)C5c1ccc([N+](=O)[O-])cc1)C4c1ccc([N+](=O)[O-])cc1. The molecule has 8 bridgehead atoms. The fourth-order valence-electron chi connectivity index (χ4n) is 12.4. The van der Waals surface area contributed by atoms with Crippen molar-refractivity contribution in [3.05, 3.63) is 251 Å². The van der Waals surface area contributed by atoms with Gasteiger partial charge in [0.25, 0.3) is 22.7 Å². The van der Waals surface area contributed by atoms with Gasteiger partial charge < -0.3 is 37.9 Å². The summed E-state index contributed by atoms with van der Waals surface area (Å²) in [6.45, 7) is 6.26. The molecule has 0 saturated heterocycles. The van der Waals surface area contributed by atoms with Crippen LogP contribution in [0, 0.1) is 68.2 Å². The van der Waals surface area contributed by atoms with Gasteiger partial charge in [0, 0.05) is 139 Å². The van der Waals surface area contributed by atoms with Gasteiger partial charge >= 0.3 is 0 Å². The van der Waals surface area contributed by atoms with E-state index in [0.29, 0.717) is 135 Å². The number of benzene rings is 8. The second-order valence-electron chi connectivity index (χ2n) is 20.1. The molecule has 0 fully saturated rings. The van der Waals surface area contributed by atoms with Crippen molar-refractivity contribution in [1.29, 1.82) is 0 Å². The first-order valence-electron chi connectivity index (χ1n) is 25.4. The van der Waals surface area contributed by atoms with Gasteiger partial charge in [0.2, 0.25) is 27.2 Å². The van der Waals surface area contributed by atoms with Crippen LogP contribution in [0.15, 0.2) is 121 Å². The van der Waals surface area contributed by atoms with E-state index >= 15 is 0 Å². The van der Waals surface area contributed by atoms with Crippen molar-refractivity contribution >= 4 is 22.7 Å². The minimum Gasteiger partial charge on any atom is -0.457 e. The number of non-ortho nitro benzene ring substituents is 4. The maximum Gasteiger partial charge on any atom is 0.269 e. The van der Waals surface area contributed by atoms with Crippen LogP contribution in [-0.4, -0.2) is 46.9 Å². The number of nitrogens with zero attached hydrogens (tertiary/aromatic N) is 4. The van der Waals surface area contributed by atoms with Crippen molar-refractivity contribution in [2.24, 2.45) is 0 Å². The van der Waals surface area contributed by atoms with Gasteiger partial charge in [-0.15, -0.1) is 0 Å². The fourth-order valence-corrected chi connectivity index (χ4v) is 12.4. The topological polar surface area (TPSA) is 246 Å². The van der Waals surface area contributed by atoms with Crippen LogP contribution in [-0.2, 0) is 0 Å². The van der Waals surface area contributed by atoms with E-state index in [9.17, 15) is 40.5 Å². The molecule has 13 rings (SSSR count). The Morgan fingerprint density at radius 3 is 0.575 bits per heavy atom. The monoisotopic (exact) mass is 1080 g/mol. The van der Waals surface area contributed by atoms with Gasteiger partial charge in [-0.1, -0.05) is 48.5 Å². The molecule has 20 heteroatoms.